The van der Waals surface area contributed by atoms with E-state index in [1.54, 1.807) is 12.3 Å². The maximum Gasteiger partial charge on any atom is 0.356 e. The van der Waals surface area contributed by atoms with Crippen LogP contribution >= 0.6 is 0 Å². The second-order valence-corrected chi connectivity index (χ2v) is 4.84. The van der Waals surface area contributed by atoms with E-state index in [0.717, 1.165) is 18.8 Å². The summed E-state index contributed by atoms with van der Waals surface area (Å²) >= 11 is 0. The number of nitrogens with one attached hydrogen (secondary N) is 1. The molecule has 2 aliphatic rings. The van der Waals surface area contributed by atoms with Crippen molar-refractivity contribution in [2.45, 2.75) is 24.9 Å². The molecule has 2 fully saturated rings. The van der Waals surface area contributed by atoms with Gasteiger partial charge in [0.1, 0.15) is 5.69 Å². The van der Waals surface area contributed by atoms with Crippen LogP contribution in [-0.2, 0) is 4.74 Å². The molecule has 18 heavy (non-hydrogen) atoms. The zero-order valence-electron chi connectivity index (χ0n) is 10.4. The fourth-order valence-electron chi connectivity index (χ4n) is 2.96. The van der Waals surface area contributed by atoms with Crippen molar-refractivity contribution in [3.63, 3.8) is 0 Å². The molecular formula is C13H17N3O2. The Hall–Kier alpha value is -1.62. The second kappa shape index (κ2) is 4.57. The zero-order chi connectivity index (χ0) is 12.5. The molecule has 3 rings (SSSR count). The Kier molecular flexibility index (Phi) is 2.91. The van der Waals surface area contributed by atoms with E-state index in [0.29, 0.717) is 17.8 Å². The minimum Gasteiger partial charge on any atom is -0.464 e. The molecule has 0 aromatic carbocycles. The Bertz CT molecular complexity index is 430. The Labute approximate surface area is 106 Å². The van der Waals surface area contributed by atoms with Crippen LogP contribution in [0.15, 0.2) is 18.3 Å². The largest absolute Gasteiger partial charge is 0.464 e. The normalized spacial score (nSPS) is 26.2. The highest BCUT2D eigenvalue weighted by Gasteiger charge is 2.36. The number of ether oxygens (including phenoxy) is 1. The van der Waals surface area contributed by atoms with Crippen LogP contribution in [-0.4, -0.2) is 43.2 Å². The lowest BCUT2D eigenvalue weighted by Crippen LogP contribution is -2.52. The van der Waals surface area contributed by atoms with Crippen molar-refractivity contribution >= 4 is 11.7 Å². The minimum atomic E-state index is -0.384. The summed E-state index contributed by atoms with van der Waals surface area (Å²) in [6.07, 6.45) is 4.25. The number of pyridine rings is 1. The minimum absolute atomic E-state index is 0.365. The van der Waals surface area contributed by atoms with Gasteiger partial charge in [0.2, 0.25) is 0 Å². The average molecular weight is 247 g/mol. The van der Waals surface area contributed by atoms with Crippen molar-refractivity contribution in [3.05, 3.63) is 24.0 Å². The molecule has 0 saturated carbocycles. The lowest BCUT2D eigenvalue weighted by molar-refractivity contribution is 0.0594. The molecule has 2 bridgehead atoms. The Morgan fingerprint density at radius 2 is 2.11 bits per heavy atom. The summed E-state index contributed by atoms with van der Waals surface area (Å²) < 4.78 is 4.65. The van der Waals surface area contributed by atoms with E-state index in [-0.39, 0.29) is 5.97 Å². The van der Waals surface area contributed by atoms with Crippen LogP contribution in [0.5, 0.6) is 0 Å². The van der Waals surface area contributed by atoms with Gasteiger partial charge in [0.25, 0.3) is 0 Å². The molecule has 2 saturated heterocycles. The number of methoxy groups -OCH3 is 1. The number of anilines is 1. The van der Waals surface area contributed by atoms with Gasteiger partial charge in [-0.05, 0) is 25.0 Å². The van der Waals surface area contributed by atoms with Crippen LogP contribution < -0.4 is 10.2 Å². The number of aromatic nitrogens is 1. The molecule has 2 unspecified atom stereocenters. The number of rotatable bonds is 2. The number of hydrogen-bond acceptors (Lipinski definition) is 5. The molecular weight excluding hydrogens is 230 g/mol. The summed E-state index contributed by atoms with van der Waals surface area (Å²) in [5.74, 6) is -0.384. The van der Waals surface area contributed by atoms with Crippen LogP contribution in [0.3, 0.4) is 0 Å². The molecule has 0 radical (unpaired) electrons. The zero-order valence-corrected chi connectivity index (χ0v) is 10.4. The molecule has 1 N–H and O–H groups in total. The highest BCUT2D eigenvalue weighted by atomic mass is 16.5. The van der Waals surface area contributed by atoms with Crippen LogP contribution in [0, 0.1) is 0 Å². The smallest absolute Gasteiger partial charge is 0.356 e. The van der Waals surface area contributed by atoms with Crippen LogP contribution in [0.1, 0.15) is 23.3 Å². The van der Waals surface area contributed by atoms with Gasteiger partial charge in [0.05, 0.1) is 19.0 Å². The first-order valence-electron chi connectivity index (χ1n) is 6.33. The van der Waals surface area contributed by atoms with Gasteiger partial charge >= 0.3 is 5.97 Å². The summed E-state index contributed by atoms with van der Waals surface area (Å²) in [7, 11) is 1.37. The monoisotopic (exact) mass is 247 g/mol. The molecule has 96 valence electrons. The number of carbonyl (C=O) groups is 1. The molecule has 3 heterocycles. The lowest BCUT2D eigenvalue weighted by atomic mass is 10.2. The summed E-state index contributed by atoms with van der Waals surface area (Å²) in [5, 5.41) is 3.45. The third-order valence-electron chi connectivity index (χ3n) is 3.82. The van der Waals surface area contributed by atoms with Crippen LogP contribution in [0.4, 0.5) is 5.69 Å². The van der Waals surface area contributed by atoms with Gasteiger partial charge in [0.15, 0.2) is 0 Å². The number of hydrogen-bond donors (Lipinski definition) is 1. The highest BCUT2D eigenvalue weighted by Crippen LogP contribution is 2.31. The van der Waals surface area contributed by atoms with E-state index in [1.807, 2.05) is 6.07 Å². The molecule has 0 spiro atoms. The summed E-state index contributed by atoms with van der Waals surface area (Å²) in [6, 6.07) is 4.84. The number of piperazine rings is 1. The fourth-order valence-corrected chi connectivity index (χ4v) is 2.96. The van der Waals surface area contributed by atoms with E-state index in [2.05, 4.69) is 19.9 Å². The van der Waals surface area contributed by atoms with Gasteiger partial charge in [-0.3, -0.25) is 0 Å². The molecule has 1 aromatic rings. The van der Waals surface area contributed by atoms with E-state index < -0.39 is 0 Å². The molecule has 5 heteroatoms. The number of carbonyl (C=O) groups excluding carboxylic acids is 1. The van der Waals surface area contributed by atoms with E-state index in [9.17, 15) is 4.79 Å². The quantitative estimate of drug-likeness (QED) is 0.784. The lowest BCUT2D eigenvalue weighted by Gasteiger charge is -2.37. The van der Waals surface area contributed by atoms with Crippen molar-refractivity contribution < 1.29 is 9.53 Å². The van der Waals surface area contributed by atoms with Crippen molar-refractivity contribution in [1.82, 2.24) is 10.3 Å². The molecule has 2 atom stereocenters. The van der Waals surface area contributed by atoms with Crippen molar-refractivity contribution in [2.24, 2.45) is 0 Å². The first kappa shape index (κ1) is 11.5. The molecule has 0 aliphatic carbocycles. The van der Waals surface area contributed by atoms with E-state index in [4.69, 9.17) is 0 Å². The topological polar surface area (TPSA) is 54.5 Å². The van der Waals surface area contributed by atoms with E-state index >= 15 is 0 Å². The van der Waals surface area contributed by atoms with Gasteiger partial charge in [-0.2, -0.15) is 0 Å². The fraction of sp³-hybridized carbons (Fsp3) is 0.538. The maximum absolute atomic E-state index is 11.3. The van der Waals surface area contributed by atoms with Gasteiger partial charge < -0.3 is 15.0 Å². The highest BCUT2D eigenvalue weighted by molar-refractivity contribution is 5.87. The third-order valence-corrected chi connectivity index (χ3v) is 3.82. The predicted molar refractivity (Wildman–Crippen MR) is 67.7 cm³/mol. The number of esters is 1. The Morgan fingerprint density at radius 3 is 2.67 bits per heavy atom. The first-order chi connectivity index (χ1) is 8.79. The average Bonchev–Trinajstić information content (AvgIpc) is 2.67. The summed E-state index contributed by atoms with van der Waals surface area (Å²) in [5.41, 5.74) is 1.47. The first-order valence-corrected chi connectivity index (χ1v) is 6.33. The second-order valence-electron chi connectivity index (χ2n) is 4.84. The molecule has 0 amide bonds. The number of fused-ring (bicyclic) bond motifs is 2. The summed E-state index contributed by atoms with van der Waals surface area (Å²) in [4.78, 5) is 18.0. The van der Waals surface area contributed by atoms with Crippen molar-refractivity contribution in [1.29, 1.82) is 0 Å². The molecule has 5 nitrogen and oxygen atoms in total. The van der Waals surface area contributed by atoms with Crippen LogP contribution in [0.2, 0.25) is 0 Å². The summed E-state index contributed by atoms with van der Waals surface area (Å²) in [6.45, 7) is 2.07. The van der Waals surface area contributed by atoms with Crippen LogP contribution in [0.25, 0.3) is 0 Å². The van der Waals surface area contributed by atoms with Gasteiger partial charge in [-0.25, -0.2) is 9.78 Å². The van der Waals surface area contributed by atoms with Gasteiger partial charge in [-0.1, -0.05) is 0 Å². The van der Waals surface area contributed by atoms with E-state index in [1.165, 1.54) is 20.0 Å². The standard InChI is InChI=1S/C13H17N3O2/c1-18-13(17)12-5-4-11(8-15-12)16-9-2-3-10(16)7-14-6-9/h4-5,8-10,14H,2-3,6-7H2,1H3. The van der Waals surface area contributed by atoms with Gasteiger partial charge in [0, 0.05) is 25.2 Å². The van der Waals surface area contributed by atoms with Gasteiger partial charge in [-0.15, -0.1) is 0 Å². The Morgan fingerprint density at radius 1 is 1.39 bits per heavy atom. The third kappa shape index (κ3) is 1.84. The molecule has 2 aliphatic heterocycles. The number of nitrogens with zero attached hydrogens (tertiary/aromatic N) is 2. The van der Waals surface area contributed by atoms with Crippen molar-refractivity contribution in [3.8, 4) is 0 Å². The molecule has 1 aromatic heterocycles. The predicted octanol–water partition coefficient (Wildman–Crippen LogP) is 0.809. The van der Waals surface area contributed by atoms with Crippen molar-refractivity contribution in [2.75, 3.05) is 25.1 Å². The maximum atomic E-state index is 11.3. The SMILES string of the molecule is COC(=O)c1ccc(N2C3CCC2CNC3)cn1. The Balaban J connectivity index is 1.83.